The van der Waals surface area contributed by atoms with Gasteiger partial charge in [0.2, 0.25) is 5.91 Å². The molecule has 0 aliphatic heterocycles. The molecule has 0 spiro atoms. The van der Waals surface area contributed by atoms with Crippen LogP contribution in [0, 0.1) is 0 Å². The quantitative estimate of drug-likeness (QED) is 0.609. The van der Waals surface area contributed by atoms with Gasteiger partial charge in [-0.1, -0.05) is 6.92 Å². The van der Waals surface area contributed by atoms with Crippen molar-refractivity contribution >= 4 is 5.91 Å². The minimum Gasteiger partial charge on any atom is -0.353 e. The summed E-state index contributed by atoms with van der Waals surface area (Å²) in [4.78, 5) is 11.3. The van der Waals surface area contributed by atoms with E-state index in [0.717, 1.165) is 13.1 Å². The molecule has 0 saturated carbocycles. The monoisotopic (exact) mass is 196 g/mol. The zero-order chi connectivity index (χ0) is 10.2. The van der Waals surface area contributed by atoms with Crippen LogP contribution in [0.2, 0.25) is 0 Å². The number of carbonyl (C=O) groups excluding carboxylic acids is 1. The topological polar surface area (TPSA) is 58.9 Å². The Balaban J connectivity index is 2.11. The Hall–Kier alpha value is -1.36. The molecule has 0 atom stereocenters. The van der Waals surface area contributed by atoms with E-state index in [9.17, 15) is 4.79 Å². The molecule has 14 heavy (non-hydrogen) atoms. The second-order valence-electron chi connectivity index (χ2n) is 2.91. The van der Waals surface area contributed by atoms with Crippen LogP contribution in [0.15, 0.2) is 18.5 Å². The van der Waals surface area contributed by atoms with Crippen molar-refractivity contribution < 1.29 is 4.79 Å². The zero-order valence-corrected chi connectivity index (χ0v) is 8.36. The normalized spacial score (nSPS) is 10.1. The lowest BCUT2D eigenvalue weighted by atomic mass is 10.5. The Morgan fingerprint density at radius 2 is 2.36 bits per heavy atom. The largest absolute Gasteiger partial charge is 0.353 e. The number of hydrogen-bond acceptors (Lipinski definition) is 3. The molecule has 1 aromatic heterocycles. The first-order chi connectivity index (χ1) is 6.83. The number of aromatic nitrogens is 2. The number of carbonyl (C=O) groups is 1. The third-order valence-corrected chi connectivity index (χ3v) is 1.74. The van der Waals surface area contributed by atoms with Gasteiger partial charge in [0, 0.05) is 25.5 Å². The van der Waals surface area contributed by atoms with Gasteiger partial charge in [0.15, 0.2) is 0 Å². The van der Waals surface area contributed by atoms with Gasteiger partial charge in [-0.2, -0.15) is 5.10 Å². The molecule has 0 aliphatic carbocycles. The van der Waals surface area contributed by atoms with Gasteiger partial charge >= 0.3 is 0 Å². The van der Waals surface area contributed by atoms with Gasteiger partial charge in [-0.3, -0.25) is 9.48 Å². The SMILES string of the molecule is CCNCCNC(=O)Cn1cccn1. The number of likely N-dealkylation sites (N-methyl/N-ethyl adjacent to an activating group) is 1. The van der Waals surface area contributed by atoms with Crippen molar-refractivity contribution in [3.05, 3.63) is 18.5 Å². The summed E-state index contributed by atoms with van der Waals surface area (Å²) in [6.07, 6.45) is 3.43. The maximum absolute atomic E-state index is 11.3. The Labute approximate surface area is 83.5 Å². The molecular formula is C9H16N4O. The highest BCUT2D eigenvalue weighted by Gasteiger charge is 2.00. The molecule has 0 radical (unpaired) electrons. The fourth-order valence-corrected chi connectivity index (χ4v) is 1.06. The van der Waals surface area contributed by atoms with Crippen LogP contribution in [0.1, 0.15) is 6.92 Å². The van der Waals surface area contributed by atoms with Gasteiger partial charge < -0.3 is 10.6 Å². The van der Waals surface area contributed by atoms with Crippen LogP contribution in [-0.2, 0) is 11.3 Å². The van der Waals surface area contributed by atoms with Gasteiger partial charge in [-0.25, -0.2) is 0 Å². The van der Waals surface area contributed by atoms with Crippen molar-refractivity contribution in [2.75, 3.05) is 19.6 Å². The molecule has 0 fully saturated rings. The number of nitrogens with zero attached hydrogens (tertiary/aromatic N) is 2. The molecule has 0 aliphatic rings. The van der Waals surface area contributed by atoms with Crippen molar-refractivity contribution in [3.63, 3.8) is 0 Å². The lowest BCUT2D eigenvalue weighted by molar-refractivity contribution is -0.121. The van der Waals surface area contributed by atoms with Crippen molar-refractivity contribution in [2.45, 2.75) is 13.5 Å². The summed E-state index contributed by atoms with van der Waals surface area (Å²) in [6.45, 7) is 4.72. The van der Waals surface area contributed by atoms with Gasteiger partial charge in [0.25, 0.3) is 0 Å². The van der Waals surface area contributed by atoms with Crippen LogP contribution in [0.25, 0.3) is 0 Å². The van der Waals surface area contributed by atoms with Crippen molar-refractivity contribution in [1.29, 1.82) is 0 Å². The fraction of sp³-hybridized carbons (Fsp3) is 0.556. The molecule has 0 saturated heterocycles. The van der Waals surface area contributed by atoms with Gasteiger partial charge in [0.05, 0.1) is 0 Å². The first kappa shape index (κ1) is 10.7. The van der Waals surface area contributed by atoms with Gasteiger partial charge in [0.1, 0.15) is 6.54 Å². The average Bonchev–Trinajstić information content (AvgIpc) is 2.65. The summed E-state index contributed by atoms with van der Waals surface area (Å²) in [6, 6.07) is 1.80. The molecule has 78 valence electrons. The van der Waals surface area contributed by atoms with Gasteiger partial charge in [-0.15, -0.1) is 0 Å². The first-order valence-electron chi connectivity index (χ1n) is 4.77. The third-order valence-electron chi connectivity index (χ3n) is 1.74. The third kappa shape index (κ3) is 4.04. The number of amides is 1. The molecule has 0 bridgehead atoms. The Bertz CT molecular complexity index is 258. The highest BCUT2D eigenvalue weighted by molar-refractivity contribution is 5.75. The maximum atomic E-state index is 11.3. The molecule has 5 heteroatoms. The van der Waals surface area contributed by atoms with E-state index >= 15 is 0 Å². The fourth-order valence-electron chi connectivity index (χ4n) is 1.06. The zero-order valence-electron chi connectivity index (χ0n) is 8.36. The van der Waals surface area contributed by atoms with E-state index in [2.05, 4.69) is 15.7 Å². The maximum Gasteiger partial charge on any atom is 0.241 e. The highest BCUT2D eigenvalue weighted by atomic mass is 16.2. The van der Waals surface area contributed by atoms with Crippen molar-refractivity contribution in [3.8, 4) is 0 Å². The standard InChI is InChI=1S/C9H16N4O/c1-2-10-5-6-11-9(14)8-13-7-3-4-12-13/h3-4,7,10H,2,5-6,8H2,1H3,(H,11,14). The molecule has 1 amide bonds. The van der Waals surface area contributed by atoms with E-state index in [1.165, 1.54) is 0 Å². The van der Waals surface area contributed by atoms with Crippen LogP contribution in [0.5, 0.6) is 0 Å². The number of nitrogens with one attached hydrogen (secondary N) is 2. The predicted octanol–water partition coefficient (Wildman–Crippen LogP) is -0.391. The Morgan fingerprint density at radius 3 is 3.00 bits per heavy atom. The van der Waals surface area contributed by atoms with E-state index in [0.29, 0.717) is 13.1 Å². The lowest BCUT2D eigenvalue weighted by Crippen LogP contribution is -2.33. The summed E-state index contributed by atoms with van der Waals surface area (Å²) >= 11 is 0. The average molecular weight is 196 g/mol. The molecule has 0 unspecified atom stereocenters. The summed E-state index contributed by atoms with van der Waals surface area (Å²) in [5.41, 5.74) is 0. The second-order valence-corrected chi connectivity index (χ2v) is 2.91. The second kappa shape index (κ2) is 6.15. The van der Waals surface area contributed by atoms with Crippen molar-refractivity contribution in [2.24, 2.45) is 0 Å². The minimum absolute atomic E-state index is 0.00777. The summed E-state index contributed by atoms with van der Waals surface area (Å²) in [5, 5.41) is 9.86. The lowest BCUT2D eigenvalue weighted by Gasteiger charge is -2.05. The van der Waals surface area contributed by atoms with Crippen LogP contribution in [0.3, 0.4) is 0 Å². The number of hydrogen-bond donors (Lipinski definition) is 2. The smallest absolute Gasteiger partial charge is 0.241 e. The van der Waals surface area contributed by atoms with Crippen LogP contribution >= 0.6 is 0 Å². The molecular weight excluding hydrogens is 180 g/mol. The first-order valence-corrected chi connectivity index (χ1v) is 4.77. The van der Waals surface area contributed by atoms with E-state index in [1.807, 2.05) is 6.92 Å². The van der Waals surface area contributed by atoms with Crippen molar-refractivity contribution in [1.82, 2.24) is 20.4 Å². The molecule has 1 heterocycles. The van der Waals surface area contributed by atoms with Crippen LogP contribution in [0.4, 0.5) is 0 Å². The molecule has 5 nitrogen and oxygen atoms in total. The molecule has 0 aromatic carbocycles. The van der Waals surface area contributed by atoms with Crippen LogP contribution < -0.4 is 10.6 Å². The van der Waals surface area contributed by atoms with E-state index < -0.39 is 0 Å². The van der Waals surface area contributed by atoms with E-state index in [1.54, 1.807) is 23.1 Å². The molecule has 1 rings (SSSR count). The van der Waals surface area contributed by atoms with E-state index in [-0.39, 0.29) is 5.91 Å². The number of rotatable bonds is 6. The van der Waals surface area contributed by atoms with E-state index in [4.69, 9.17) is 0 Å². The highest BCUT2D eigenvalue weighted by Crippen LogP contribution is 1.83. The summed E-state index contributed by atoms with van der Waals surface area (Å²) in [5.74, 6) is -0.00777. The Kier molecular flexibility index (Phi) is 4.71. The predicted molar refractivity (Wildman–Crippen MR) is 53.8 cm³/mol. The Morgan fingerprint density at radius 1 is 1.50 bits per heavy atom. The molecule has 1 aromatic rings. The minimum atomic E-state index is -0.00777. The van der Waals surface area contributed by atoms with Crippen LogP contribution in [-0.4, -0.2) is 35.3 Å². The molecule has 2 N–H and O–H groups in total. The summed E-state index contributed by atoms with van der Waals surface area (Å²) in [7, 11) is 0. The van der Waals surface area contributed by atoms with Gasteiger partial charge in [-0.05, 0) is 12.6 Å². The summed E-state index contributed by atoms with van der Waals surface area (Å²) < 4.78 is 1.60.